The molecule has 0 atom stereocenters. The van der Waals surface area contributed by atoms with Crippen molar-refractivity contribution in [2.45, 2.75) is 51.3 Å². The maximum atomic E-state index is 11.6. The summed E-state index contributed by atoms with van der Waals surface area (Å²) in [7, 11) is 0. The number of nitriles is 1. The molecule has 0 aliphatic heterocycles. The summed E-state index contributed by atoms with van der Waals surface area (Å²) in [5, 5.41) is 15.1. The lowest BCUT2D eigenvalue weighted by Crippen LogP contribution is -2.50. The number of nitrogens with zero attached hydrogens (tertiary/aromatic N) is 1. The highest BCUT2D eigenvalue weighted by Crippen LogP contribution is 2.25. The van der Waals surface area contributed by atoms with E-state index in [1.54, 1.807) is 6.07 Å². The van der Waals surface area contributed by atoms with Gasteiger partial charge < -0.3 is 15.4 Å². The van der Waals surface area contributed by atoms with Crippen molar-refractivity contribution in [1.29, 1.82) is 5.26 Å². The Morgan fingerprint density at radius 3 is 2.67 bits per heavy atom. The average molecular weight is 287 g/mol. The molecule has 1 saturated carbocycles. The summed E-state index contributed by atoms with van der Waals surface area (Å²) in [6.07, 6.45) is 1.35. The van der Waals surface area contributed by atoms with E-state index >= 15 is 0 Å². The van der Waals surface area contributed by atoms with Crippen LogP contribution in [0.3, 0.4) is 0 Å². The van der Waals surface area contributed by atoms with Crippen LogP contribution in [0, 0.1) is 11.3 Å². The van der Waals surface area contributed by atoms with Crippen LogP contribution >= 0.6 is 0 Å². The third-order valence-corrected chi connectivity index (χ3v) is 3.22. The zero-order valence-electron chi connectivity index (χ0n) is 12.6. The molecule has 1 aromatic carbocycles. The second kappa shape index (κ2) is 6.04. The van der Waals surface area contributed by atoms with Crippen LogP contribution in [0.1, 0.15) is 39.2 Å². The fourth-order valence-electron chi connectivity index (χ4n) is 2.24. The van der Waals surface area contributed by atoms with Gasteiger partial charge in [-0.3, -0.25) is 0 Å². The summed E-state index contributed by atoms with van der Waals surface area (Å²) in [6, 6.07) is 9.99. The van der Waals surface area contributed by atoms with Gasteiger partial charge in [0.15, 0.2) is 0 Å². The lowest BCUT2D eigenvalue weighted by molar-refractivity contribution is 0.0475. The van der Waals surface area contributed by atoms with E-state index < -0.39 is 5.60 Å². The Hall–Kier alpha value is -2.22. The van der Waals surface area contributed by atoms with Crippen LogP contribution < -0.4 is 10.6 Å². The number of hydrogen-bond donors (Lipinski definition) is 2. The van der Waals surface area contributed by atoms with Gasteiger partial charge in [-0.2, -0.15) is 5.26 Å². The summed E-state index contributed by atoms with van der Waals surface area (Å²) in [4.78, 5) is 11.6. The number of anilines is 1. The van der Waals surface area contributed by atoms with Crippen LogP contribution in [0.25, 0.3) is 0 Å². The van der Waals surface area contributed by atoms with Gasteiger partial charge in [0.25, 0.3) is 0 Å². The Morgan fingerprint density at radius 1 is 1.33 bits per heavy atom. The molecular weight excluding hydrogens is 266 g/mol. The second-order valence-corrected chi connectivity index (χ2v) is 6.35. The highest BCUT2D eigenvalue weighted by Gasteiger charge is 2.31. The molecule has 21 heavy (non-hydrogen) atoms. The van der Waals surface area contributed by atoms with E-state index in [4.69, 9.17) is 10.00 Å². The SMILES string of the molecule is CC(C)(C)OC(=O)NC1CC(Nc2cccc(C#N)c2)C1. The van der Waals surface area contributed by atoms with Gasteiger partial charge in [0.2, 0.25) is 0 Å². The fourth-order valence-corrected chi connectivity index (χ4v) is 2.24. The second-order valence-electron chi connectivity index (χ2n) is 6.35. The van der Waals surface area contributed by atoms with Gasteiger partial charge in [-0.15, -0.1) is 0 Å². The lowest BCUT2D eigenvalue weighted by atomic mass is 9.86. The predicted molar refractivity (Wildman–Crippen MR) is 81.0 cm³/mol. The minimum atomic E-state index is -0.469. The van der Waals surface area contributed by atoms with Crippen LogP contribution in [0.5, 0.6) is 0 Å². The van der Waals surface area contributed by atoms with E-state index in [0.717, 1.165) is 18.5 Å². The molecule has 0 unspecified atom stereocenters. The minimum Gasteiger partial charge on any atom is -0.444 e. The molecule has 0 radical (unpaired) electrons. The molecule has 1 aromatic rings. The normalized spacial score (nSPS) is 20.9. The topological polar surface area (TPSA) is 74.2 Å². The first-order valence-corrected chi connectivity index (χ1v) is 7.12. The van der Waals surface area contributed by atoms with Gasteiger partial charge in [-0.1, -0.05) is 6.07 Å². The average Bonchev–Trinajstić information content (AvgIpc) is 2.34. The molecule has 0 spiro atoms. The minimum absolute atomic E-state index is 0.150. The van der Waals surface area contributed by atoms with E-state index in [1.807, 2.05) is 39.0 Å². The number of ether oxygens (including phenoxy) is 1. The molecule has 0 heterocycles. The van der Waals surface area contributed by atoms with E-state index in [1.165, 1.54) is 0 Å². The van der Waals surface area contributed by atoms with E-state index in [2.05, 4.69) is 16.7 Å². The number of nitrogens with one attached hydrogen (secondary N) is 2. The van der Waals surface area contributed by atoms with E-state index in [-0.39, 0.29) is 12.1 Å². The molecule has 5 heteroatoms. The molecule has 0 bridgehead atoms. The van der Waals surface area contributed by atoms with E-state index in [0.29, 0.717) is 11.6 Å². The van der Waals surface area contributed by atoms with Crippen LogP contribution in [0.2, 0.25) is 0 Å². The molecule has 5 nitrogen and oxygen atoms in total. The van der Waals surface area contributed by atoms with Crippen molar-refractivity contribution in [2.75, 3.05) is 5.32 Å². The summed E-state index contributed by atoms with van der Waals surface area (Å²) >= 11 is 0. The highest BCUT2D eigenvalue weighted by atomic mass is 16.6. The third-order valence-electron chi connectivity index (χ3n) is 3.22. The molecule has 1 amide bonds. The van der Waals surface area contributed by atoms with Crippen molar-refractivity contribution in [3.05, 3.63) is 29.8 Å². The molecule has 1 aliphatic rings. The first-order chi connectivity index (χ1) is 9.85. The summed E-state index contributed by atoms with van der Waals surface area (Å²) in [5.74, 6) is 0. The molecule has 2 rings (SSSR count). The van der Waals surface area contributed by atoms with Crippen LogP contribution in [-0.4, -0.2) is 23.8 Å². The predicted octanol–water partition coefficient (Wildman–Crippen LogP) is 3.03. The largest absolute Gasteiger partial charge is 0.444 e. The Bertz CT molecular complexity index is 551. The number of hydrogen-bond acceptors (Lipinski definition) is 4. The van der Waals surface area contributed by atoms with Gasteiger partial charge in [-0.25, -0.2) is 4.79 Å². The van der Waals surface area contributed by atoms with Gasteiger partial charge in [0.05, 0.1) is 11.6 Å². The Labute approximate surface area is 125 Å². The zero-order chi connectivity index (χ0) is 15.5. The van der Waals surface area contributed by atoms with Gasteiger partial charge >= 0.3 is 6.09 Å². The van der Waals surface area contributed by atoms with Crippen molar-refractivity contribution in [3.63, 3.8) is 0 Å². The molecule has 0 aromatic heterocycles. The monoisotopic (exact) mass is 287 g/mol. The summed E-state index contributed by atoms with van der Waals surface area (Å²) in [6.45, 7) is 5.54. The van der Waals surface area contributed by atoms with Gasteiger partial charge in [-0.05, 0) is 51.8 Å². The van der Waals surface area contributed by atoms with Crippen molar-refractivity contribution in [3.8, 4) is 6.07 Å². The zero-order valence-corrected chi connectivity index (χ0v) is 12.6. The summed E-state index contributed by atoms with van der Waals surface area (Å²) in [5.41, 5.74) is 1.11. The molecular formula is C16H21N3O2. The summed E-state index contributed by atoms with van der Waals surface area (Å²) < 4.78 is 5.22. The Morgan fingerprint density at radius 2 is 2.05 bits per heavy atom. The number of carbonyl (C=O) groups excluding carboxylic acids is 1. The van der Waals surface area contributed by atoms with E-state index in [9.17, 15) is 4.79 Å². The van der Waals surface area contributed by atoms with Crippen molar-refractivity contribution < 1.29 is 9.53 Å². The third kappa shape index (κ3) is 4.67. The molecule has 1 aliphatic carbocycles. The number of benzene rings is 1. The Balaban J connectivity index is 1.74. The lowest BCUT2D eigenvalue weighted by Gasteiger charge is -2.37. The first kappa shape index (κ1) is 15.2. The molecule has 1 fully saturated rings. The van der Waals surface area contributed by atoms with Crippen molar-refractivity contribution in [2.24, 2.45) is 0 Å². The number of rotatable bonds is 3. The van der Waals surface area contributed by atoms with Crippen LogP contribution in [-0.2, 0) is 4.74 Å². The van der Waals surface area contributed by atoms with Gasteiger partial charge in [0, 0.05) is 17.8 Å². The first-order valence-electron chi connectivity index (χ1n) is 7.12. The number of alkyl carbamates (subject to hydrolysis) is 1. The fraction of sp³-hybridized carbons (Fsp3) is 0.500. The number of carbonyl (C=O) groups is 1. The van der Waals surface area contributed by atoms with Crippen molar-refractivity contribution >= 4 is 11.8 Å². The highest BCUT2D eigenvalue weighted by molar-refractivity contribution is 5.68. The Kier molecular flexibility index (Phi) is 4.37. The van der Waals surface area contributed by atoms with Crippen molar-refractivity contribution in [1.82, 2.24) is 5.32 Å². The number of amides is 1. The standard InChI is InChI=1S/C16H21N3O2/c1-16(2,3)21-15(20)19-14-8-13(9-14)18-12-6-4-5-11(7-12)10-17/h4-7,13-14,18H,8-9H2,1-3H3,(H,19,20). The maximum Gasteiger partial charge on any atom is 0.407 e. The van der Waals surface area contributed by atoms with Gasteiger partial charge in [0.1, 0.15) is 5.60 Å². The molecule has 2 N–H and O–H groups in total. The van der Waals surface area contributed by atoms with Crippen LogP contribution in [0.15, 0.2) is 24.3 Å². The smallest absolute Gasteiger partial charge is 0.407 e. The van der Waals surface area contributed by atoms with Crippen LogP contribution in [0.4, 0.5) is 10.5 Å². The molecule has 112 valence electrons. The molecule has 0 saturated heterocycles. The quantitative estimate of drug-likeness (QED) is 0.896. The maximum absolute atomic E-state index is 11.6.